The van der Waals surface area contributed by atoms with E-state index in [1.807, 2.05) is 0 Å². The lowest BCUT2D eigenvalue weighted by Gasteiger charge is -2.13. The number of hydrogen-bond acceptors (Lipinski definition) is 4. The quantitative estimate of drug-likeness (QED) is 0.244. The van der Waals surface area contributed by atoms with Crippen LogP contribution in [0.2, 0.25) is 0 Å². The number of aromatic hydroxyl groups is 1. The molecular weight excluding hydrogens is 208 g/mol. The van der Waals surface area contributed by atoms with E-state index in [9.17, 15) is 9.90 Å². The Hall–Kier alpha value is -2.24. The monoisotopic (exact) mass is 222 g/mol. The maximum absolute atomic E-state index is 11.7. The molecule has 86 valence electrons. The summed E-state index contributed by atoms with van der Waals surface area (Å²) in [7, 11) is 0. The first-order valence-corrected chi connectivity index (χ1v) is 4.68. The highest BCUT2D eigenvalue weighted by atomic mass is 16.3. The zero-order valence-corrected chi connectivity index (χ0v) is 8.84. The number of carbonyl (C=O) groups excluding carboxylic acids is 1. The summed E-state index contributed by atoms with van der Waals surface area (Å²) >= 11 is 0. The normalized spacial score (nSPS) is 13.2. The van der Waals surface area contributed by atoms with Crippen molar-refractivity contribution < 1.29 is 9.90 Å². The van der Waals surface area contributed by atoms with Crippen LogP contribution < -0.4 is 16.9 Å². The number of carbonyl (C=O) groups is 1. The SMILES string of the molecule is CC(NC(=O)c1ccccc1O)/C(N)=N/N. The number of phenolic OH excluding ortho intramolecular Hbond substituents is 1. The Morgan fingerprint density at radius 2 is 2.12 bits per heavy atom. The van der Waals surface area contributed by atoms with Crippen LogP contribution in [-0.4, -0.2) is 22.9 Å². The molecule has 6 nitrogen and oxygen atoms in total. The number of benzene rings is 1. The molecule has 6 N–H and O–H groups in total. The maximum atomic E-state index is 11.7. The topological polar surface area (TPSA) is 114 Å². The molecule has 0 spiro atoms. The van der Waals surface area contributed by atoms with Crippen LogP contribution in [0.25, 0.3) is 0 Å². The van der Waals surface area contributed by atoms with Gasteiger partial charge in [-0.1, -0.05) is 12.1 Å². The van der Waals surface area contributed by atoms with Crippen LogP contribution in [0.15, 0.2) is 29.4 Å². The van der Waals surface area contributed by atoms with Crippen molar-refractivity contribution in [1.29, 1.82) is 0 Å². The smallest absolute Gasteiger partial charge is 0.255 e. The fraction of sp³-hybridized carbons (Fsp3) is 0.200. The summed E-state index contributed by atoms with van der Waals surface area (Å²) < 4.78 is 0. The van der Waals surface area contributed by atoms with E-state index in [4.69, 9.17) is 11.6 Å². The van der Waals surface area contributed by atoms with E-state index in [2.05, 4.69) is 10.4 Å². The number of phenols is 1. The Kier molecular flexibility index (Phi) is 3.71. The summed E-state index contributed by atoms with van der Waals surface area (Å²) in [6.45, 7) is 1.64. The number of hydrazone groups is 1. The summed E-state index contributed by atoms with van der Waals surface area (Å²) in [5.74, 6) is 4.57. The van der Waals surface area contributed by atoms with E-state index in [1.54, 1.807) is 19.1 Å². The minimum Gasteiger partial charge on any atom is -0.507 e. The molecule has 0 aliphatic rings. The highest BCUT2D eigenvalue weighted by Gasteiger charge is 2.14. The Morgan fingerprint density at radius 1 is 1.50 bits per heavy atom. The van der Waals surface area contributed by atoms with Gasteiger partial charge in [0.15, 0.2) is 0 Å². The van der Waals surface area contributed by atoms with Gasteiger partial charge < -0.3 is 22.0 Å². The summed E-state index contributed by atoms with van der Waals surface area (Å²) in [5, 5.41) is 15.3. The number of hydrogen-bond donors (Lipinski definition) is 4. The van der Waals surface area contributed by atoms with E-state index in [1.165, 1.54) is 12.1 Å². The Labute approximate surface area is 92.9 Å². The number of nitrogens with one attached hydrogen (secondary N) is 1. The third kappa shape index (κ3) is 2.63. The number of nitrogens with two attached hydrogens (primary N) is 2. The molecule has 0 radical (unpaired) electrons. The van der Waals surface area contributed by atoms with Gasteiger partial charge in [0.2, 0.25) is 0 Å². The zero-order valence-electron chi connectivity index (χ0n) is 8.84. The second kappa shape index (κ2) is 5.01. The van der Waals surface area contributed by atoms with Crippen LogP contribution in [-0.2, 0) is 0 Å². The minimum atomic E-state index is -0.489. The van der Waals surface area contributed by atoms with Gasteiger partial charge in [0.25, 0.3) is 5.91 Å². The second-order valence-corrected chi connectivity index (χ2v) is 3.27. The Morgan fingerprint density at radius 3 is 2.69 bits per heavy atom. The van der Waals surface area contributed by atoms with Crippen LogP contribution in [0.1, 0.15) is 17.3 Å². The molecule has 0 aromatic heterocycles. The Bertz CT molecular complexity index is 417. The second-order valence-electron chi connectivity index (χ2n) is 3.27. The van der Waals surface area contributed by atoms with Crippen molar-refractivity contribution in [2.75, 3.05) is 0 Å². The lowest BCUT2D eigenvalue weighted by molar-refractivity contribution is 0.0946. The van der Waals surface area contributed by atoms with Crippen molar-refractivity contribution in [3.8, 4) is 5.75 Å². The van der Waals surface area contributed by atoms with Gasteiger partial charge in [-0.15, -0.1) is 0 Å². The molecule has 1 atom stereocenters. The van der Waals surface area contributed by atoms with E-state index >= 15 is 0 Å². The standard InChI is InChI=1S/C10H14N4O2/c1-6(9(11)14-12)13-10(16)7-4-2-3-5-8(7)15/h2-6,15H,12H2,1H3,(H2,11,14)(H,13,16). The minimum absolute atomic E-state index is 0.0875. The number of amidine groups is 1. The van der Waals surface area contributed by atoms with E-state index in [-0.39, 0.29) is 17.1 Å². The molecule has 1 amide bonds. The summed E-state index contributed by atoms with van der Waals surface area (Å²) in [4.78, 5) is 11.7. The molecule has 0 saturated carbocycles. The van der Waals surface area contributed by atoms with Gasteiger partial charge in [-0.2, -0.15) is 5.10 Å². The molecule has 0 bridgehead atoms. The molecule has 0 saturated heterocycles. The van der Waals surface area contributed by atoms with Gasteiger partial charge in [0, 0.05) is 0 Å². The fourth-order valence-electron chi connectivity index (χ4n) is 1.13. The molecule has 6 heteroatoms. The van der Waals surface area contributed by atoms with Crippen molar-refractivity contribution in [2.24, 2.45) is 16.7 Å². The molecule has 0 heterocycles. The highest BCUT2D eigenvalue weighted by Crippen LogP contribution is 2.15. The molecule has 0 aliphatic heterocycles. The van der Waals surface area contributed by atoms with Crippen LogP contribution in [0.4, 0.5) is 0 Å². The molecule has 1 aromatic rings. The van der Waals surface area contributed by atoms with Crippen LogP contribution in [0.5, 0.6) is 5.75 Å². The first-order valence-electron chi connectivity index (χ1n) is 4.68. The lowest BCUT2D eigenvalue weighted by atomic mass is 10.1. The first-order chi connectivity index (χ1) is 7.56. The van der Waals surface area contributed by atoms with Gasteiger partial charge in [0.05, 0.1) is 11.6 Å². The molecular formula is C10H14N4O2. The number of nitrogens with zero attached hydrogens (tertiary/aromatic N) is 1. The largest absolute Gasteiger partial charge is 0.507 e. The van der Waals surface area contributed by atoms with Gasteiger partial charge in [-0.25, -0.2) is 0 Å². The van der Waals surface area contributed by atoms with Crippen molar-refractivity contribution in [1.82, 2.24) is 5.32 Å². The summed E-state index contributed by atoms with van der Waals surface area (Å²) in [5.41, 5.74) is 5.61. The summed E-state index contributed by atoms with van der Waals surface area (Å²) in [6, 6.07) is 5.73. The molecule has 1 rings (SSSR count). The van der Waals surface area contributed by atoms with Crippen LogP contribution >= 0.6 is 0 Å². The Balaban J connectivity index is 2.78. The highest BCUT2D eigenvalue weighted by molar-refractivity contribution is 5.99. The number of para-hydroxylation sites is 1. The van der Waals surface area contributed by atoms with Crippen LogP contribution in [0, 0.1) is 0 Å². The first kappa shape index (κ1) is 11.8. The van der Waals surface area contributed by atoms with Crippen molar-refractivity contribution in [3.05, 3.63) is 29.8 Å². The maximum Gasteiger partial charge on any atom is 0.255 e. The number of amides is 1. The van der Waals surface area contributed by atoms with Crippen molar-refractivity contribution in [2.45, 2.75) is 13.0 Å². The predicted molar refractivity (Wildman–Crippen MR) is 60.8 cm³/mol. The van der Waals surface area contributed by atoms with Gasteiger partial charge >= 0.3 is 0 Å². The van der Waals surface area contributed by atoms with Crippen molar-refractivity contribution >= 4 is 11.7 Å². The lowest BCUT2D eigenvalue weighted by Crippen LogP contribution is -2.42. The summed E-state index contributed by atoms with van der Waals surface area (Å²) in [6.07, 6.45) is 0. The van der Waals surface area contributed by atoms with E-state index < -0.39 is 11.9 Å². The average Bonchev–Trinajstić information content (AvgIpc) is 2.28. The third-order valence-electron chi connectivity index (χ3n) is 2.09. The average molecular weight is 222 g/mol. The van der Waals surface area contributed by atoms with Gasteiger partial charge in [-0.3, -0.25) is 4.79 Å². The molecule has 1 unspecified atom stereocenters. The molecule has 1 aromatic carbocycles. The van der Waals surface area contributed by atoms with Gasteiger partial charge in [0.1, 0.15) is 11.6 Å². The van der Waals surface area contributed by atoms with Gasteiger partial charge in [-0.05, 0) is 19.1 Å². The molecule has 0 fully saturated rings. The third-order valence-corrected chi connectivity index (χ3v) is 2.09. The number of rotatable bonds is 3. The van der Waals surface area contributed by atoms with Crippen molar-refractivity contribution in [3.63, 3.8) is 0 Å². The van der Waals surface area contributed by atoms with E-state index in [0.717, 1.165) is 0 Å². The molecule has 16 heavy (non-hydrogen) atoms. The molecule has 0 aliphatic carbocycles. The van der Waals surface area contributed by atoms with Crippen LogP contribution in [0.3, 0.4) is 0 Å². The predicted octanol–water partition coefficient (Wildman–Crippen LogP) is -0.259. The zero-order chi connectivity index (χ0) is 12.1. The van der Waals surface area contributed by atoms with E-state index in [0.29, 0.717) is 0 Å². The fourth-order valence-corrected chi connectivity index (χ4v) is 1.13.